The standard InChI is InChI=1S/C9H23NO2Si/c1-9(5-6-10)12-13(2,3)8-4-7-11/h9,11H,4-8,10H2,1-3H3. The molecule has 1 atom stereocenters. The maximum absolute atomic E-state index is 8.71. The van der Waals surface area contributed by atoms with Crippen LogP contribution in [0.2, 0.25) is 19.1 Å². The topological polar surface area (TPSA) is 55.5 Å². The van der Waals surface area contributed by atoms with Gasteiger partial charge in [0.05, 0.1) is 0 Å². The summed E-state index contributed by atoms with van der Waals surface area (Å²) in [6.45, 7) is 7.41. The Kier molecular flexibility index (Phi) is 6.58. The lowest BCUT2D eigenvalue weighted by atomic mass is 10.3. The van der Waals surface area contributed by atoms with Crippen molar-refractivity contribution in [3.63, 3.8) is 0 Å². The van der Waals surface area contributed by atoms with Crippen LogP contribution in [0.25, 0.3) is 0 Å². The molecule has 80 valence electrons. The van der Waals surface area contributed by atoms with Gasteiger partial charge in [-0.15, -0.1) is 0 Å². The largest absolute Gasteiger partial charge is 0.415 e. The zero-order valence-corrected chi connectivity index (χ0v) is 10.0. The molecule has 0 amide bonds. The molecule has 0 spiro atoms. The van der Waals surface area contributed by atoms with E-state index in [2.05, 4.69) is 20.0 Å². The minimum absolute atomic E-state index is 0.269. The molecule has 0 bridgehead atoms. The molecule has 0 saturated carbocycles. The maximum atomic E-state index is 8.71. The Morgan fingerprint density at radius 2 is 2.08 bits per heavy atom. The van der Waals surface area contributed by atoms with E-state index in [4.69, 9.17) is 15.3 Å². The lowest BCUT2D eigenvalue weighted by Crippen LogP contribution is -2.35. The summed E-state index contributed by atoms with van der Waals surface area (Å²) in [7, 11) is -1.54. The molecule has 0 aromatic rings. The molecule has 0 aromatic carbocycles. The normalized spacial score (nSPS) is 14.5. The first-order valence-corrected chi connectivity index (χ1v) is 8.12. The molecule has 0 aliphatic rings. The summed E-state index contributed by atoms with van der Waals surface area (Å²) in [6, 6.07) is 1.03. The molecule has 1 unspecified atom stereocenters. The fourth-order valence-electron chi connectivity index (χ4n) is 1.40. The van der Waals surface area contributed by atoms with Crippen LogP contribution in [0.4, 0.5) is 0 Å². The van der Waals surface area contributed by atoms with E-state index in [0.717, 1.165) is 18.9 Å². The van der Waals surface area contributed by atoms with Gasteiger partial charge >= 0.3 is 0 Å². The van der Waals surface area contributed by atoms with Crippen LogP contribution >= 0.6 is 0 Å². The average Bonchev–Trinajstić information content (AvgIpc) is 2.00. The Morgan fingerprint density at radius 1 is 1.46 bits per heavy atom. The molecule has 4 heteroatoms. The first-order valence-electron chi connectivity index (χ1n) is 5.00. The molecule has 0 aliphatic carbocycles. The first kappa shape index (κ1) is 13.1. The minimum Gasteiger partial charge on any atom is -0.415 e. The number of rotatable bonds is 7. The van der Waals surface area contributed by atoms with Gasteiger partial charge in [0.15, 0.2) is 8.32 Å². The molecule has 3 N–H and O–H groups in total. The fraction of sp³-hybridized carbons (Fsp3) is 1.00. The Morgan fingerprint density at radius 3 is 2.54 bits per heavy atom. The van der Waals surface area contributed by atoms with Gasteiger partial charge in [0.25, 0.3) is 0 Å². The fourth-order valence-corrected chi connectivity index (χ4v) is 3.74. The van der Waals surface area contributed by atoms with E-state index in [9.17, 15) is 0 Å². The molecular formula is C9H23NO2Si. The maximum Gasteiger partial charge on any atom is 0.187 e. The van der Waals surface area contributed by atoms with Gasteiger partial charge in [-0.1, -0.05) is 0 Å². The smallest absolute Gasteiger partial charge is 0.187 e. The van der Waals surface area contributed by atoms with Crippen molar-refractivity contribution in [1.82, 2.24) is 0 Å². The molecule has 0 heterocycles. The predicted molar refractivity (Wildman–Crippen MR) is 58.2 cm³/mol. The Balaban J connectivity index is 3.71. The second-order valence-electron chi connectivity index (χ2n) is 4.09. The number of nitrogens with two attached hydrogens (primary N) is 1. The second-order valence-corrected chi connectivity index (χ2v) is 8.35. The summed E-state index contributed by atoms with van der Waals surface area (Å²) in [4.78, 5) is 0. The SMILES string of the molecule is CC(CCN)O[Si](C)(C)CCCO. The van der Waals surface area contributed by atoms with E-state index in [1.807, 2.05) is 0 Å². The molecule has 0 rings (SSSR count). The van der Waals surface area contributed by atoms with Gasteiger partial charge in [-0.2, -0.15) is 0 Å². The van der Waals surface area contributed by atoms with Crippen LogP contribution in [0.5, 0.6) is 0 Å². The van der Waals surface area contributed by atoms with Crippen molar-refractivity contribution in [2.45, 2.75) is 45.0 Å². The van der Waals surface area contributed by atoms with Crippen LogP contribution < -0.4 is 5.73 Å². The number of aliphatic hydroxyl groups excluding tert-OH is 1. The number of aliphatic hydroxyl groups is 1. The summed E-state index contributed by atoms with van der Waals surface area (Å²) < 4.78 is 5.93. The first-order chi connectivity index (χ1) is 6.02. The summed E-state index contributed by atoms with van der Waals surface area (Å²) in [5.74, 6) is 0. The second kappa shape index (κ2) is 6.54. The van der Waals surface area contributed by atoms with Crippen LogP contribution in [0.15, 0.2) is 0 Å². The van der Waals surface area contributed by atoms with Gasteiger partial charge < -0.3 is 15.3 Å². The molecule has 0 aliphatic heterocycles. The molecule has 0 radical (unpaired) electrons. The highest BCUT2D eigenvalue weighted by molar-refractivity contribution is 6.71. The summed E-state index contributed by atoms with van der Waals surface area (Å²) >= 11 is 0. The summed E-state index contributed by atoms with van der Waals surface area (Å²) in [5, 5.41) is 8.71. The van der Waals surface area contributed by atoms with Gasteiger partial charge in [-0.3, -0.25) is 0 Å². The molecule has 0 fully saturated rings. The van der Waals surface area contributed by atoms with Crippen molar-refractivity contribution in [3.8, 4) is 0 Å². The molecular weight excluding hydrogens is 182 g/mol. The number of hydrogen-bond acceptors (Lipinski definition) is 3. The average molecular weight is 205 g/mol. The van der Waals surface area contributed by atoms with Crippen molar-refractivity contribution < 1.29 is 9.53 Å². The highest BCUT2D eigenvalue weighted by atomic mass is 28.4. The van der Waals surface area contributed by atoms with E-state index in [1.165, 1.54) is 0 Å². The van der Waals surface area contributed by atoms with E-state index >= 15 is 0 Å². The van der Waals surface area contributed by atoms with E-state index in [0.29, 0.717) is 6.54 Å². The van der Waals surface area contributed by atoms with Crippen molar-refractivity contribution in [2.75, 3.05) is 13.2 Å². The van der Waals surface area contributed by atoms with Gasteiger partial charge in [-0.25, -0.2) is 0 Å². The zero-order valence-electron chi connectivity index (χ0n) is 9.05. The van der Waals surface area contributed by atoms with Crippen LogP contribution in [0, 0.1) is 0 Å². The zero-order chi connectivity index (χ0) is 10.3. The third-order valence-electron chi connectivity index (χ3n) is 2.03. The van der Waals surface area contributed by atoms with Crippen LogP contribution in [0.1, 0.15) is 19.8 Å². The van der Waals surface area contributed by atoms with E-state index < -0.39 is 8.32 Å². The van der Waals surface area contributed by atoms with Crippen molar-refractivity contribution in [3.05, 3.63) is 0 Å². The third-order valence-corrected chi connectivity index (χ3v) is 4.63. The van der Waals surface area contributed by atoms with Gasteiger partial charge in [0, 0.05) is 12.7 Å². The molecule has 3 nitrogen and oxygen atoms in total. The highest BCUT2D eigenvalue weighted by Crippen LogP contribution is 2.16. The van der Waals surface area contributed by atoms with Crippen molar-refractivity contribution in [1.29, 1.82) is 0 Å². The Labute approximate surface area is 82.4 Å². The van der Waals surface area contributed by atoms with E-state index in [1.54, 1.807) is 0 Å². The molecule has 13 heavy (non-hydrogen) atoms. The summed E-state index contributed by atoms with van der Waals surface area (Å²) in [5.41, 5.74) is 5.44. The van der Waals surface area contributed by atoms with Crippen LogP contribution in [-0.4, -0.2) is 32.7 Å². The monoisotopic (exact) mass is 205 g/mol. The molecule has 0 saturated heterocycles. The lowest BCUT2D eigenvalue weighted by molar-refractivity contribution is 0.200. The van der Waals surface area contributed by atoms with Gasteiger partial charge in [0.1, 0.15) is 0 Å². The Bertz CT molecular complexity index is 131. The van der Waals surface area contributed by atoms with E-state index in [-0.39, 0.29) is 12.7 Å². The van der Waals surface area contributed by atoms with Gasteiger partial charge in [0.2, 0.25) is 0 Å². The summed E-state index contributed by atoms with van der Waals surface area (Å²) in [6.07, 6.45) is 2.05. The quantitative estimate of drug-likeness (QED) is 0.617. The lowest BCUT2D eigenvalue weighted by Gasteiger charge is -2.27. The highest BCUT2D eigenvalue weighted by Gasteiger charge is 2.23. The van der Waals surface area contributed by atoms with Crippen LogP contribution in [0.3, 0.4) is 0 Å². The van der Waals surface area contributed by atoms with Crippen molar-refractivity contribution in [2.24, 2.45) is 5.73 Å². The van der Waals surface area contributed by atoms with Crippen molar-refractivity contribution >= 4 is 8.32 Å². The van der Waals surface area contributed by atoms with Crippen LogP contribution in [-0.2, 0) is 4.43 Å². The predicted octanol–water partition coefficient (Wildman–Crippen LogP) is 1.33. The minimum atomic E-state index is -1.54. The molecule has 0 aromatic heterocycles. The number of hydrogen-bond donors (Lipinski definition) is 2. The van der Waals surface area contributed by atoms with Gasteiger partial charge in [-0.05, 0) is 45.4 Å². The Hall–Kier alpha value is 0.0969. The third kappa shape index (κ3) is 7.19.